The molecule has 0 aliphatic heterocycles. The highest BCUT2D eigenvalue weighted by Crippen LogP contribution is 2.01. The first-order chi connectivity index (χ1) is 6.61. The molecule has 0 saturated heterocycles. The molecule has 1 unspecified atom stereocenters. The number of aliphatic hydroxyl groups is 1. The quantitative estimate of drug-likeness (QED) is 0.368. The monoisotopic (exact) mass is 206 g/mol. The van der Waals surface area contributed by atoms with Gasteiger partial charge >= 0.3 is 11.9 Å². The number of hydrogen-bond donors (Lipinski definition) is 1. The Morgan fingerprint density at radius 2 is 2.07 bits per heavy atom. The molecule has 0 spiro atoms. The Labute approximate surface area is 81.7 Å². The maximum atomic E-state index is 10.9. The second-order valence-electron chi connectivity index (χ2n) is 2.43. The first-order valence-corrected chi connectivity index (χ1v) is 4.20. The topological polar surface area (TPSA) is 82.1 Å². The van der Waals surface area contributed by atoms with Gasteiger partial charge in [0.1, 0.15) is 0 Å². The van der Waals surface area contributed by atoms with Crippen molar-refractivity contribution in [1.82, 2.24) is 0 Å². The van der Waals surface area contributed by atoms with Crippen LogP contribution in [0.2, 0.25) is 0 Å². The molecule has 0 amide bonds. The van der Waals surface area contributed by atoms with Gasteiger partial charge in [0.15, 0.2) is 6.10 Å². The van der Waals surface area contributed by atoms with Crippen LogP contribution >= 0.6 is 0 Å². The maximum absolute atomic E-state index is 10.9. The Kier molecular flexibility index (Phi) is 6.69. The molecule has 0 saturated carbocycles. The van der Waals surface area contributed by atoms with Gasteiger partial charge in [0, 0.05) is 0 Å². The van der Waals surface area contributed by atoms with Crippen LogP contribution in [0.5, 0.6) is 0 Å². The molecule has 1 atom stereocenters. The highest BCUT2D eigenvalue weighted by molar-refractivity contribution is 5.75. The number of carbonyl (C=O) groups excluding carboxylic acids is 2. The second-order valence-corrected chi connectivity index (χ2v) is 2.43. The number of rotatable bonds is 6. The van der Waals surface area contributed by atoms with Crippen molar-refractivity contribution in [2.45, 2.75) is 25.9 Å². The third-order valence-corrected chi connectivity index (χ3v) is 1.36. The Morgan fingerprint density at radius 1 is 1.43 bits per heavy atom. The molecule has 0 rings (SSSR count). The number of ether oxygens (including phenoxy) is 1. The predicted octanol–water partition coefficient (Wildman–Crippen LogP) is -0.205. The van der Waals surface area contributed by atoms with E-state index in [1.807, 2.05) is 0 Å². The highest BCUT2D eigenvalue weighted by atomic mass is 17.2. The molecule has 0 heterocycles. The summed E-state index contributed by atoms with van der Waals surface area (Å²) in [5, 5.41) is 9.14. The first-order valence-electron chi connectivity index (χ1n) is 4.20. The normalized spacial score (nSPS) is 11.9. The standard InChI is InChI=1S/C8H14O6/c1-3-13-8(11)6(9)4-5-7(10)14-12-2/h6,9H,3-5H2,1-2H3. The molecular formula is C8H14O6. The molecule has 0 aliphatic carbocycles. The molecule has 0 radical (unpaired) electrons. The minimum absolute atomic E-state index is 0.0406. The average molecular weight is 206 g/mol. The average Bonchev–Trinajstić information content (AvgIpc) is 2.15. The molecular weight excluding hydrogens is 192 g/mol. The summed E-state index contributed by atoms with van der Waals surface area (Å²) in [6.45, 7) is 1.82. The Hall–Kier alpha value is -1.14. The van der Waals surface area contributed by atoms with Crippen LogP contribution in [0.25, 0.3) is 0 Å². The van der Waals surface area contributed by atoms with Crippen LogP contribution in [-0.2, 0) is 24.1 Å². The number of hydrogen-bond acceptors (Lipinski definition) is 6. The van der Waals surface area contributed by atoms with Crippen LogP contribution in [0.3, 0.4) is 0 Å². The van der Waals surface area contributed by atoms with Gasteiger partial charge in [-0.25, -0.2) is 9.59 Å². The predicted molar refractivity (Wildman–Crippen MR) is 45.0 cm³/mol. The molecule has 6 nitrogen and oxygen atoms in total. The van der Waals surface area contributed by atoms with Crippen LogP contribution in [0.4, 0.5) is 0 Å². The number of aliphatic hydroxyl groups excluding tert-OH is 1. The molecule has 0 fully saturated rings. The van der Waals surface area contributed by atoms with Gasteiger partial charge in [-0.3, -0.25) is 4.89 Å². The van der Waals surface area contributed by atoms with Gasteiger partial charge in [0.25, 0.3) is 0 Å². The highest BCUT2D eigenvalue weighted by Gasteiger charge is 2.18. The lowest BCUT2D eigenvalue weighted by Gasteiger charge is -2.07. The summed E-state index contributed by atoms with van der Waals surface area (Å²) in [6, 6.07) is 0. The van der Waals surface area contributed by atoms with Crippen molar-refractivity contribution < 1.29 is 29.2 Å². The van der Waals surface area contributed by atoms with Crippen molar-refractivity contribution in [3.05, 3.63) is 0 Å². The Morgan fingerprint density at radius 3 is 2.57 bits per heavy atom. The van der Waals surface area contributed by atoms with Gasteiger partial charge < -0.3 is 9.84 Å². The van der Waals surface area contributed by atoms with Gasteiger partial charge in [-0.2, -0.15) is 4.89 Å². The fourth-order valence-corrected chi connectivity index (χ4v) is 0.745. The third kappa shape index (κ3) is 5.50. The molecule has 14 heavy (non-hydrogen) atoms. The Balaban J connectivity index is 3.67. The van der Waals surface area contributed by atoms with Gasteiger partial charge in [-0.1, -0.05) is 0 Å². The summed E-state index contributed by atoms with van der Waals surface area (Å²) in [4.78, 5) is 29.8. The van der Waals surface area contributed by atoms with E-state index in [2.05, 4.69) is 14.5 Å². The minimum Gasteiger partial charge on any atom is -0.464 e. The minimum atomic E-state index is -1.29. The molecule has 0 aromatic carbocycles. The summed E-state index contributed by atoms with van der Waals surface area (Å²) in [6.07, 6.45) is -1.44. The van der Waals surface area contributed by atoms with Crippen molar-refractivity contribution in [2.24, 2.45) is 0 Å². The zero-order valence-electron chi connectivity index (χ0n) is 8.19. The van der Waals surface area contributed by atoms with Gasteiger partial charge in [0.2, 0.25) is 0 Å². The molecule has 0 aromatic rings. The van der Waals surface area contributed by atoms with E-state index in [4.69, 9.17) is 5.11 Å². The van der Waals surface area contributed by atoms with E-state index in [0.717, 1.165) is 0 Å². The smallest absolute Gasteiger partial charge is 0.342 e. The van der Waals surface area contributed by atoms with Crippen molar-refractivity contribution in [3.8, 4) is 0 Å². The van der Waals surface area contributed by atoms with Crippen LogP contribution < -0.4 is 0 Å². The summed E-state index contributed by atoms with van der Waals surface area (Å²) >= 11 is 0. The van der Waals surface area contributed by atoms with Gasteiger partial charge in [-0.15, -0.1) is 0 Å². The van der Waals surface area contributed by atoms with E-state index in [0.29, 0.717) is 0 Å². The lowest BCUT2D eigenvalue weighted by Crippen LogP contribution is -2.24. The Bertz CT molecular complexity index is 190. The lowest BCUT2D eigenvalue weighted by atomic mass is 10.2. The zero-order chi connectivity index (χ0) is 11.0. The van der Waals surface area contributed by atoms with E-state index < -0.39 is 18.0 Å². The summed E-state index contributed by atoms with van der Waals surface area (Å²) in [7, 11) is 1.19. The van der Waals surface area contributed by atoms with Crippen LogP contribution in [0, 0.1) is 0 Å². The summed E-state index contributed by atoms with van der Waals surface area (Å²) in [5.74, 6) is -1.38. The third-order valence-electron chi connectivity index (χ3n) is 1.36. The lowest BCUT2D eigenvalue weighted by molar-refractivity contribution is -0.255. The molecule has 0 aromatic heterocycles. The van der Waals surface area contributed by atoms with Crippen molar-refractivity contribution in [1.29, 1.82) is 0 Å². The summed E-state index contributed by atoms with van der Waals surface area (Å²) in [5.41, 5.74) is 0. The maximum Gasteiger partial charge on any atom is 0.342 e. The summed E-state index contributed by atoms with van der Waals surface area (Å²) < 4.78 is 4.52. The second kappa shape index (κ2) is 7.28. The molecule has 6 heteroatoms. The van der Waals surface area contributed by atoms with E-state index >= 15 is 0 Å². The fourth-order valence-electron chi connectivity index (χ4n) is 0.745. The number of carbonyl (C=O) groups is 2. The number of esters is 1. The van der Waals surface area contributed by atoms with E-state index in [9.17, 15) is 9.59 Å². The van der Waals surface area contributed by atoms with Crippen LogP contribution in [0.15, 0.2) is 0 Å². The van der Waals surface area contributed by atoms with Crippen molar-refractivity contribution >= 4 is 11.9 Å². The van der Waals surface area contributed by atoms with Gasteiger partial charge in [-0.05, 0) is 13.3 Å². The van der Waals surface area contributed by atoms with Crippen molar-refractivity contribution in [3.63, 3.8) is 0 Å². The van der Waals surface area contributed by atoms with Gasteiger partial charge in [0.05, 0.1) is 20.1 Å². The molecule has 0 aliphatic rings. The fraction of sp³-hybridized carbons (Fsp3) is 0.750. The van der Waals surface area contributed by atoms with Crippen molar-refractivity contribution in [2.75, 3.05) is 13.7 Å². The van der Waals surface area contributed by atoms with Crippen LogP contribution in [-0.4, -0.2) is 36.9 Å². The largest absolute Gasteiger partial charge is 0.464 e. The zero-order valence-corrected chi connectivity index (χ0v) is 8.19. The van der Waals surface area contributed by atoms with E-state index in [-0.39, 0.29) is 19.4 Å². The first kappa shape index (κ1) is 12.9. The van der Waals surface area contributed by atoms with E-state index in [1.54, 1.807) is 6.92 Å². The SMILES string of the molecule is CCOC(=O)C(O)CCC(=O)OOC. The molecule has 82 valence electrons. The molecule has 1 N–H and O–H groups in total. The van der Waals surface area contributed by atoms with E-state index in [1.165, 1.54) is 7.11 Å². The van der Waals surface area contributed by atoms with Crippen LogP contribution in [0.1, 0.15) is 19.8 Å². The molecule has 0 bridgehead atoms.